The number of amides is 2. The average molecular weight is 357 g/mol. The van der Waals surface area contributed by atoms with E-state index in [4.69, 9.17) is 11.6 Å². The first-order chi connectivity index (χ1) is 12.0. The number of para-hydroxylation sites is 2. The Labute approximate surface area is 149 Å². The third-order valence-corrected chi connectivity index (χ3v) is 4.14. The van der Waals surface area contributed by atoms with Gasteiger partial charge in [0.15, 0.2) is 0 Å². The van der Waals surface area contributed by atoms with Crippen LogP contribution in [0.5, 0.6) is 0 Å². The zero-order valence-corrected chi connectivity index (χ0v) is 14.5. The Morgan fingerprint density at radius 2 is 1.92 bits per heavy atom. The maximum atomic E-state index is 12.6. The van der Waals surface area contributed by atoms with Crippen LogP contribution in [0.4, 0.5) is 11.4 Å². The number of rotatable bonds is 4. The molecule has 0 fully saturated rings. The lowest BCUT2D eigenvalue weighted by Crippen LogP contribution is -2.23. The van der Waals surface area contributed by atoms with Crippen molar-refractivity contribution in [3.8, 4) is 0 Å². The summed E-state index contributed by atoms with van der Waals surface area (Å²) >= 11 is 6.13. The van der Waals surface area contributed by atoms with Crippen LogP contribution in [-0.2, 0) is 9.59 Å². The van der Waals surface area contributed by atoms with Crippen molar-refractivity contribution in [3.63, 3.8) is 0 Å². The predicted molar refractivity (Wildman–Crippen MR) is 98.8 cm³/mol. The first-order valence-corrected chi connectivity index (χ1v) is 8.13. The van der Waals surface area contributed by atoms with Crippen molar-refractivity contribution in [3.05, 3.63) is 53.8 Å². The number of hydrogen-bond donors (Lipinski definition) is 2. The van der Waals surface area contributed by atoms with Gasteiger partial charge in [0, 0.05) is 12.6 Å². The van der Waals surface area contributed by atoms with E-state index < -0.39 is 6.04 Å². The van der Waals surface area contributed by atoms with Crippen molar-refractivity contribution in [2.75, 3.05) is 10.6 Å². The minimum atomic E-state index is -0.443. The summed E-state index contributed by atoms with van der Waals surface area (Å²) in [6, 6.07) is 12.1. The standard InChI is InChI=1S/C18H17ClN4O2/c1-11(23-10-20-16-5-3-4-6-17(16)23)18(25)22-13-7-8-15(14(19)9-13)21-12(2)24/h3-11H,1-2H3,(H,21,24)(H,22,25). The summed E-state index contributed by atoms with van der Waals surface area (Å²) in [5.74, 6) is -0.397. The van der Waals surface area contributed by atoms with E-state index in [1.54, 1.807) is 31.5 Å². The summed E-state index contributed by atoms with van der Waals surface area (Å²) in [4.78, 5) is 28.0. The molecule has 0 saturated heterocycles. The Bertz CT molecular complexity index is 951. The number of imidazole rings is 1. The second kappa shape index (κ2) is 6.94. The van der Waals surface area contributed by atoms with E-state index in [0.717, 1.165) is 11.0 Å². The molecule has 0 bridgehead atoms. The van der Waals surface area contributed by atoms with Gasteiger partial charge in [-0.15, -0.1) is 0 Å². The monoisotopic (exact) mass is 356 g/mol. The van der Waals surface area contributed by atoms with E-state index in [1.165, 1.54) is 6.92 Å². The first-order valence-electron chi connectivity index (χ1n) is 7.75. The topological polar surface area (TPSA) is 76.0 Å². The molecule has 7 heteroatoms. The molecule has 3 aromatic rings. The zero-order valence-electron chi connectivity index (χ0n) is 13.8. The second-order valence-electron chi connectivity index (χ2n) is 5.68. The lowest BCUT2D eigenvalue weighted by Gasteiger charge is -2.15. The van der Waals surface area contributed by atoms with E-state index in [9.17, 15) is 9.59 Å². The Morgan fingerprint density at radius 1 is 1.16 bits per heavy atom. The maximum absolute atomic E-state index is 12.6. The molecule has 2 amide bonds. The SMILES string of the molecule is CC(=O)Nc1ccc(NC(=O)C(C)n2cnc3ccccc32)cc1Cl. The van der Waals surface area contributed by atoms with Crippen LogP contribution in [0.15, 0.2) is 48.8 Å². The summed E-state index contributed by atoms with van der Waals surface area (Å²) in [7, 11) is 0. The average Bonchev–Trinajstić information content (AvgIpc) is 3.00. The molecular formula is C18H17ClN4O2. The largest absolute Gasteiger partial charge is 0.325 e. The highest BCUT2D eigenvalue weighted by molar-refractivity contribution is 6.34. The first kappa shape index (κ1) is 17.0. The minimum Gasteiger partial charge on any atom is -0.325 e. The molecule has 0 aliphatic carbocycles. The molecule has 3 rings (SSSR count). The van der Waals surface area contributed by atoms with E-state index >= 15 is 0 Å². The van der Waals surface area contributed by atoms with Gasteiger partial charge in [0.1, 0.15) is 6.04 Å². The lowest BCUT2D eigenvalue weighted by atomic mass is 10.2. The zero-order chi connectivity index (χ0) is 18.0. The molecule has 0 radical (unpaired) electrons. The van der Waals surface area contributed by atoms with Crippen LogP contribution in [-0.4, -0.2) is 21.4 Å². The Kier molecular flexibility index (Phi) is 4.72. The number of anilines is 2. The van der Waals surface area contributed by atoms with Crippen LogP contribution in [0.3, 0.4) is 0 Å². The molecule has 6 nitrogen and oxygen atoms in total. The number of carbonyl (C=O) groups excluding carboxylic acids is 2. The summed E-state index contributed by atoms with van der Waals surface area (Å²) in [5, 5.41) is 5.81. The van der Waals surface area contributed by atoms with Crippen LogP contribution >= 0.6 is 11.6 Å². The van der Waals surface area contributed by atoms with Crippen LogP contribution in [0.1, 0.15) is 19.9 Å². The number of fused-ring (bicyclic) bond motifs is 1. The van der Waals surface area contributed by atoms with Gasteiger partial charge in [-0.25, -0.2) is 4.98 Å². The van der Waals surface area contributed by atoms with Gasteiger partial charge in [-0.2, -0.15) is 0 Å². The van der Waals surface area contributed by atoms with E-state index in [2.05, 4.69) is 15.6 Å². The van der Waals surface area contributed by atoms with Crippen LogP contribution in [0, 0.1) is 0 Å². The smallest absolute Gasteiger partial charge is 0.247 e. The number of carbonyl (C=O) groups is 2. The van der Waals surface area contributed by atoms with Gasteiger partial charge in [0.2, 0.25) is 11.8 Å². The molecule has 0 spiro atoms. The molecule has 1 aromatic heterocycles. The second-order valence-corrected chi connectivity index (χ2v) is 6.09. The van der Waals surface area contributed by atoms with Gasteiger partial charge in [-0.1, -0.05) is 23.7 Å². The number of aromatic nitrogens is 2. The molecule has 1 unspecified atom stereocenters. The van der Waals surface area contributed by atoms with E-state index in [0.29, 0.717) is 16.4 Å². The summed E-state index contributed by atoms with van der Waals surface area (Å²) < 4.78 is 1.82. The highest BCUT2D eigenvalue weighted by Gasteiger charge is 2.17. The highest BCUT2D eigenvalue weighted by Crippen LogP contribution is 2.26. The van der Waals surface area contributed by atoms with Crippen molar-refractivity contribution in [2.45, 2.75) is 19.9 Å². The van der Waals surface area contributed by atoms with Crippen LogP contribution < -0.4 is 10.6 Å². The maximum Gasteiger partial charge on any atom is 0.247 e. The highest BCUT2D eigenvalue weighted by atomic mass is 35.5. The summed E-state index contributed by atoms with van der Waals surface area (Å²) in [6.45, 7) is 3.21. The van der Waals surface area contributed by atoms with Gasteiger partial charge >= 0.3 is 0 Å². The minimum absolute atomic E-state index is 0.188. The number of nitrogens with one attached hydrogen (secondary N) is 2. The molecule has 1 atom stereocenters. The Morgan fingerprint density at radius 3 is 2.64 bits per heavy atom. The third-order valence-electron chi connectivity index (χ3n) is 3.83. The number of halogens is 1. The molecule has 0 saturated carbocycles. The van der Waals surface area contributed by atoms with E-state index in [-0.39, 0.29) is 11.8 Å². The Hall–Kier alpha value is -2.86. The molecule has 1 heterocycles. The molecular weight excluding hydrogens is 340 g/mol. The third kappa shape index (κ3) is 3.64. The number of hydrogen-bond acceptors (Lipinski definition) is 3. The summed E-state index contributed by atoms with van der Waals surface area (Å²) in [6.07, 6.45) is 1.65. The van der Waals surface area contributed by atoms with Gasteiger partial charge < -0.3 is 15.2 Å². The summed E-state index contributed by atoms with van der Waals surface area (Å²) in [5.41, 5.74) is 2.79. The molecule has 25 heavy (non-hydrogen) atoms. The van der Waals surface area contributed by atoms with Crippen LogP contribution in [0.2, 0.25) is 5.02 Å². The van der Waals surface area contributed by atoms with Crippen molar-refractivity contribution in [2.24, 2.45) is 0 Å². The predicted octanol–water partition coefficient (Wildman–Crippen LogP) is 3.85. The van der Waals surface area contributed by atoms with E-state index in [1.807, 2.05) is 28.8 Å². The van der Waals surface area contributed by atoms with Crippen molar-refractivity contribution in [1.82, 2.24) is 9.55 Å². The number of benzene rings is 2. The molecule has 2 N–H and O–H groups in total. The van der Waals surface area contributed by atoms with Crippen molar-refractivity contribution >= 4 is 45.8 Å². The van der Waals surface area contributed by atoms with Gasteiger partial charge in [0.05, 0.1) is 28.1 Å². The van der Waals surface area contributed by atoms with Gasteiger partial charge in [-0.3, -0.25) is 9.59 Å². The fourth-order valence-electron chi connectivity index (χ4n) is 2.54. The molecule has 0 aliphatic rings. The lowest BCUT2D eigenvalue weighted by molar-refractivity contribution is -0.118. The fraction of sp³-hybridized carbons (Fsp3) is 0.167. The van der Waals surface area contributed by atoms with Gasteiger partial charge in [-0.05, 0) is 37.3 Å². The molecule has 128 valence electrons. The quantitative estimate of drug-likeness (QED) is 0.745. The molecule has 0 aliphatic heterocycles. The van der Waals surface area contributed by atoms with Crippen molar-refractivity contribution in [1.29, 1.82) is 0 Å². The molecule has 2 aromatic carbocycles. The van der Waals surface area contributed by atoms with Gasteiger partial charge in [0.25, 0.3) is 0 Å². The normalized spacial score (nSPS) is 12.0. The fourth-order valence-corrected chi connectivity index (χ4v) is 2.77. The Balaban J connectivity index is 1.77. The van der Waals surface area contributed by atoms with Crippen LogP contribution in [0.25, 0.3) is 11.0 Å². The number of nitrogens with zero attached hydrogens (tertiary/aromatic N) is 2. The van der Waals surface area contributed by atoms with Crippen molar-refractivity contribution < 1.29 is 9.59 Å².